The third-order valence-corrected chi connectivity index (χ3v) is 5.74. The van der Waals surface area contributed by atoms with Gasteiger partial charge in [0.25, 0.3) is 11.7 Å². The Bertz CT molecular complexity index is 1030. The number of hydrogen-bond acceptors (Lipinski definition) is 5. The van der Waals surface area contributed by atoms with E-state index in [1.165, 1.54) is 14.2 Å². The Morgan fingerprint density at radius 3 is 2.45 bits per heavy atom. The van der Waals surface area contributed by atoms with Gasteiger partial charge in [0.15, 0.2) is 11.5 Å². The van der Waals surface area contributed by atoms with Gasteiger partial charge in [0.1, 0.15) is 5.76 Å². The van der Waals surface area contributed by atoms with Crippen molar-refractivity contribution in [1.29, 1.82) is 0 Å². The van der Waals surface area contributed by atoms with Crippen LogP contribution in [0.4, 0.5) is 0 Å². The lowest BCUT2D eigenvalue weighted by atomic mass is 9.94. The standard InChI is InChI=1S/C22H20BrNO5/c1-28-16-8-4-7-15(21(16)29-2)18-17(19(25)12-5-3-6-13(23)11-12)20(26)22(27)24(18)14-9-10-14/h3-8,11,14,18,25H,9-10H2,1-2H3/t18-/m0/s1. The van der Waals surface area contributed by atoms with Gasteiger partial charge in [-0.2, -0.15) is 0 Å². The highest BCUT2D eigenvalue weighted by atomic mass is 79.9. The molecule has 0 radical (unpaired) electrons. The number of carbonyl (C=O) groups excluding carboxylic acids is 2. The molecule has 1 amide bonds. The van der Waals surface area contributed by atoms with E-state index in [0.717, 1.165) is 17.3 Å². The average Bonchev–Trinajstić information content (AvgIpc) is 3.53. The summed E-state index contributed by atoms with van der Waals surface area (Å²) in [4.78, 5) is 27.5. The summed E-state index contributed by atoms with van der Waals surface area (Å²) in [6, 6.07) is 11.5. The number of carbonyl (C=O) groups is 2. The van der Waals surface area contributed by atoms with Crippen LogP contribution in [0.3, 0.4) is 0 Å². The Balaban J connectivity index is 1.96. The molecule has 2 aromatic rings. The zero-order chi connectivity index (χ0) is 20.7. The third-order valence-electron chi connectivity index (χ3n) is 5.25. The highest BCUT2D eigenvalue weighted by Gasteiger charge is 2.52. The number of ketones is 1. The molecule has 1 aliphatic carbocycles. The second-order valence-corrected chi connectivity index (χ2v) is 7.95. The molecule has 1 saturated carbocycles. The van der Waals surface area contributed by atoms with Crippen LogP contribution in [-0.2, 0) is 9.59 Å². The predicted molar refractivity (Wildman–Crippen MR) is 111 cm³/mol. The van der Waals surface area contributed by atoms with Crippen molar-refractivity contribution in [2.24, 2.45) is 0 Å². The van der Waals surface area contributed by atoms with Gasteiger partial charge in [-0.25, -0.2) is 0 Å². The number of ether oxygens (including phenoxy) is 2. The molecule has 1 N–H and O–H groups in total. The van der Waals surface area contributed by atoms with Crippen LogP contribution < -0.4 is 9.47 Å². The summed E-state index contributed by atoms with van der Waals surface area (Å²) < 4.78 is 11.7. The lowest BCUT2D eigenvalue weighted by molar-refractivity contribution is -0.140. The highest BCUT2D eigenvalue weighted by Crippen LogP contribution is 2.49. The molecule has 29 heavy (non-hydrogen) atoms. The fourth-order valence-electron chi connectivity index (χ4n) is 3.80. The molecule has 1 atom stereocenters. The number of halogens is 1. The monoisotopic (exact) mass is 457 g/mol. The minimum absolute atomic E-state index is 0.0276. The molecular formula is C22H20BrNO5. The molecule has 6 nitrogen and oxygen atoms in total. The van der Waals surface area contributed by atoms with E-state index in [0.29, 0.717) is 22.6 Å². The Morgan fingerprint density at radius 2 is 1.83 bits per heavy atom. The number of nitrogens with zero attached hydrogens (tertiary/aromatic N) is 1. The summed E-state index contributed by atoms with van der Waals surface area (Å²) >= 11 is 3.38. The smallest absolute Gasteiger partial charge is 0.295 e. The zero-order valence-corrected chi connectivity index (χ0v) is 17.6. The second kappa shape index (κ2) is 7.55. The number of hydrogen-bond donors (Lipinski definition) is 1. The third kappa shape index (κ3) is 3.29. The van der Waals surface area contributed by atoms with Crippen molar-refractivity contribution in [3.8, 4) is 11.5 Å². The van der Waals surface area contributed by atoms with Gasteiger partial charge in [0.05, 0.1) is 25.8 Å². The van der Waals surface area contributed by atoms with Crippen LogP contribution in [0.15, 0.2) is 52.5 Å². The van der Waals surface area contributed by atoms with Gasteiger partial charge in [-0.1, -0.05) is 40.2 Å². The Labute approximate surface area is 176 Å². The number of Topliss-reactive ketones (excluding diaryl/α,β-unsaturated/α-hetero) is 1. The molecule has 0 aromatic heterocycles. The first-order chi connectivity index (χ1) is 14.0. The maximum absolute atomic E-state index is 13.0. The van der Waals surface area contributed by atoms with Crippen molar-refractivity contribution >= 4 is 33.4 Å². The normalized spacial score (nSPS) is 20.8. The number of aliphatic hydroxyl groups excluding tert-OH is 1. The maximum atomic E-state index is 13.0. The van der Waals surface area contributed by atoms with E-state index >= 15 is 0 Å². The maximum Gasteiger partial charge on any atom is 0.295 e. The molecule has 4 rings (SSSR count). The minimum Gasteiger partial charge on any atom is -0.507 e. The van der Waals surface area contributed by atoms with Crippen LogP contribution >= 0.6 is 15.9 Å². The van der Waals surface area contributed by atoms with Crippen LogP contribution in [0.5, 0.6) is 11.5 Å². The van der Waals surface area contributed by atoms with Gasteiger partial charge in [0.2, 0.25) is 0 Å². The SMILES string of the molecule is COc1cccc([C@H]2C(=C(O)c3cccc(Br)c3)C(=O)C(=O)N2C2CC2)c1OC. The molecule has 2 aliphatic rings. The number of aliphatic hydroxyl groups is 1. The largest absolute Gasteiger partial charge is 0.507 e. The average molecular weight is 458 g/mol. The topological polar surface area (TPSA) is 76.1 Å². The van der Waals surface area contributed by atoms with E-state index in [1.807, 2.05) is 6.07 Å². The van der Waals surface area contributed by atoms with E-state index < -0.39 is 17.7 Å². The fourth-order valence-corrected chi connectivity index (χ4v) is 4.20. The number of benzene rings is 2. The van der Waals surface area contributed by atoms with Gasteiger partial charge in [-0.15, -0.1) is 0 Å². The highest BCUT2D eigenvalue weighted by molar-refractivity contribution is 9.10. The van der Waals surface area contributed by atoms with E-state index in [-0.39, 0.29) is 17.4 Å². The van der Waals surface area contributed by atoms with Crippen molar-refractivity contribution in [2.45, 2.75) is 24.9 Å². The van der Waals surface area contributed by atoms with Crippen LogP contribution in [0.1, 0.15) is 30.0 Å². The van der Waals surface area contributed by atoms with Crippen molar-refractivity contribution < 1.29 is 24.2 Å². The van der Waals surface area contributed by atoms with Gasteiger partial charge in [-0.05, 0) is 31.0 Å². The minimum atomic E-state index is -0.744. The molecular weight excluding hydrogens is 438 g/mol. The molecule has 1 saturated heterocycles. The van der Waals surface area contributed by atoms with Crippen molar-refractivity contribution in [3.63, 3.8) is 0 Å². The predicted octanol–water partition coefficient (Wildman–Crippen LogP) is 4.05. The van der Waals surface area contributed by atoms with E-state index in [4.69, 9.17) is 9.47 Å². The summed E-state index contributed by atoms with van der Waals surface area (Å²) in [5.41, 5.74) is 1.13. The quantitative estimate of drug-likeness (QED) is 0.416. The van der Waals surface area contributed by atoms with Crippen molar-refractivity contribution in [2.75, 3.05) is 14.2 Å². The fraction of sp³-hybridized carbons (Fsp3) is 0.273. The van der Waals surface area contributed by atoms with E-state index in [2.05, 4.69) is 15.9 Å². The van der Waals surface area contributed by atoms with Crippen LogP contribution in [-0.4, -0.2) is 42.0 Å². The number of para-hydroxylation sites is 1. The summed E-state index contributed by atoms with van der Waals surface area (Å²) in [5, 5.41) is 11.1. The first-order valence-corrected chi connectivity index (χ1v) is 10.0. The summed E-state index contributed by atoms with van der Waals surface area (Å²) in [7, 11) is 3.04. The summed E-state index contributed by atoms with van der Waals surface area (Å²) in [5.74, 6) is -0.563. The van der Waals surface area contributed by atoms with Crippen LogP contribution in [0, 0.1) is 0 Å². The molecule has 1 heterocycles. The van der Waals surface area contributed by atoms with Gasteiger partial charge in [0, 0.05) is 21.6 Å². The molecule has 0 spiro atoms. The van der Waals surface area contributed by atoms with E-state index in [1.54, 1.807) is 41.3 Å². The Kier molecular flexibility index (Phi) is 5.08. The molecule has 7 heteroatoms. The number of likely N-dealkylation sites (tertiary alicyclic amines) is 1. The van der Waals surface area contributed by atoms with Crippen molar-refractivity contribution in [3.05, 3.63) is 63.6 Å². The lowest BCUT2D eigenvalue weighted by Crippen LogP contribution is -2.31. The molecule has 2 fully saturated rings. The molecule has 2 aromatic carbocycles. The number of methoxy groups -OCH3 is 2. The molecule has 0 unspecified atom stereocenters. The molecule has 0 bridgehead atoms. The first kappa shape index (κ1) is 19.5. The molecule has 150 valence electrons. The van der Waals surface area contributed by atoms with Gasteiger partial charge < -0.3 is 19.5 Å². The Morgan fingerprint density at radius 1 is 1.10 bits per heavy atom. The second-order valence-electron chi connectivity index (χ2n) is 7.03. The van der Waals surface area contributed by atoms with Gasteiger partial charge in [-0.3, -0.25) is 9.59 Å². The van der Waals surface area contributed by atoms with Crippen LogP contribution in [0.25, 0.3) is 5.76 Å². The zero-order valence-electron chi connectivity index (χ0n) is 16.0. The number of amides is 1. The summed E-state index contributed by atoms with van der Waals surface area (Å²) in [6.45, 7) is 0. The first-order valence-electron chi connectivity index (χ1n) is 9.24. The van der Waals surface area contributed by atoms with Crippen molar-refractivity contribution in [1.82, 2.24) is 4.90 Å². The van der Waals surface area contributed by atoms with E-state index in [9.17, 15) is 14.7 Å². The number of rotatable bonds is 5. The van der Waals surface area contributed by atoms with Gasteiger partial charge >= 0.3 is 0 Å². The van der Waals surface area contributed by atoms with Crippen LogP contribution in [0.2, 0.25) is 0 Å². The summed E-state index contributed by atoms with van der Waals surface area (Å²) in [6.07, 6.45) is 1.65. The lowest BCUT2D eigenvalue weighted by Gasteiger charge is -2.27. The molecule has 1 aliphatic heterocycles. The Hall–Kier alpha value is -2.80.